The number of benzene rings is 2. The van der Waals surface area contributed by atoms with Gasteiger partial charge < -0.3 is 26.6 Å². The summed E-state index contributed by atoms with van der Waals surface area (Å²) in [4.78, 5) is 29.1. The van der Waals surface area contributed by atoms with Crippen LogP contribution < -0.4 is 16.8 Å². The van der Waals surface area contributed by atoms with E-state index in [1.165, 1.54) is 0 Å². The van der Waals surface area contributed by atoms with Crippen molar-refractivity contribution in [3.63, 3.8) is 0 Å². The molecule has 0 aromatic heterocycles. The molecule has 4 rings (SSSR count). The lowest BCUT2D eigenvalue weighted by Crippen LogP contribution is -2.62. The monoisotopic (exact) mass is 421 g/mol. The van der Waals surface area contributed by atoms with Crippen LogP contribution in [0.4, 0.5) is 5.69 Å². The van der Waals surface area contributed by atoms with E-state index >= 15 is 0 Å². The SMILES string of the molecule is CNCc1ccc(-c2ccc(C(=O)N3CCN(C(=O)C4(N)CCC4)CC3)cc2)cc1N. The summed E-state index contributed by atoms with van der Waals surface area (Å²) in [5.41, 5.74) is 16.2. The lowest BCUT2D eigenvalue weighted by atomic mass is 9.76. The summed E-state index contributed by atoms with van der Waals surface area (Å²) in [6.45, 7) is 2.88. The van der Waals surface area contributed by atoms with Gasteiger partial charge >= 0.3 is 0 Å². The number of nitrogens with zero attached hydrogens (tertiary/aromatic N) is 2. The molecule has 2 fully saturated rings. The van der Waals surface area contributed by atoms with Crippen LogP contribution in [0.2, 0.25) is 0 Å². The Kier molecular flexibility index (Phi) is 5.98. The minimum absolute atomic E-state index is 0.00589. The van der Waals surface area contributed by atoms with Crippen LogP contribution in [0.15, 0.2) is 42.5 Å². The summed E-state index contributed by atoms with van der Waals surface area (Å²) in [7, 11) is 1.89. The van der Waals surface area contributed by atoms with Crippen LogP contribution in [0.5, 0.6) is 0 Å². The van der Waals surface area contributed by atoms with Crippen LogP contribution >= 0.6 is 0 Å². The Morgan fingerprint density at radius 1 is 0.968 bits per heavy atom. The van der Waals surface area contributed by atoms with Gasteiger partial charge in [-0.2, -0.15) is 0 Å². The Labute approximate surface area is 183 Å². The number of nitrogens with one attached hydrogen (secondary N) is 1. The summed E-state index contributed by atoms with van der Waals surface area (Å²) in [6, 6.07) is 13.7. The first-order valence-electron chi connectivity index (χ1n) is 10.9. The fraction of sp³-hybridized carbons (Fsp3) is 0.417. The fourth-order valence-electron chi connectivity index (χ4n) is 4.31. The molecule has 1 saturated heterocycles. The zero-order valence-corrected chi connectivity index (χ0v) is 18.1. The molecule has 0 bridgehead atoms. The van der Waals surface area contributed by atoms with Gasteiger partial charge in [0.2, 0.25) is 5.91 Å². The molecule has 0 atom stereocenters. The highest BCUT2D eigenvalue weighted by atomic mass is 16.2. The van der Waals surface area contributed by atoms with Crippen molar-refractivity contribution in [3.8, 4) is 11.1 Å². The Hall–Kier alpha value is -2.90. The largest absolute Gasteiger partial charge is 0.398 e. The lowest BCUT2D eigenvalue weighted by Gasteiger charge is -2.43. The molecule has 0 spiro atoms. The number of hydrogen-bond acceptors (Lipinski definition) is 5. The van der Waals surface area contributed by atoms with E-state index in [9.17, 15) is 9.59 Å². The average Bonchev–Trinajstić information content (AvgIpc) is 2.78. The number of amides is 2. The molecule has 2 amide bonds. The van der Waals surface area contributed by atoms with Crippen molar-refractivity contribution in [2.75, 3.05) is 39.0 Å². The molecule has 1 aliphatic carbocycles. The van der Waals surface area contributed by atoms with E-state index in [0.29, 0.717) is 31.7 Å². The highest BCUT2D eigenvalue weighted by Crippen LogP contribution is 2.31. The van der Waals surface area contributed by atoms with E-state index in [2.05, 4.69) is 5.32 Å². The summed E-state index contributed by atoms with van der Waals surface area (Å²) in [6.07, 6.45) is 2.55. The van der Waals surface area contributed by atoms with Gasteiger partial charge in [0.1, 0.15) is 0 Å². The molecule has 164 valence electrons. The van der Waals surface area contributed by atoms with Crippen molar-refractivity contribution in [2.24, 2.45) is 5.73 Å². The van der Waals surface area contributed by atoms with Gasteiger partial charge in [-0.15, -0.1) is 0 Å². The smallest absolute Gasteiger partial charge is 0.253 e. The molecule has 1 saturated carbocycles. The molecule has 1 heterocycles. The first-order valence-corrected chi connectivity index (χ1v) is 10.9. The van der Waals surface area contributed by atoms with Gasteiger partial charge in [0.15, 0.2) is 0 Å². The predicted molar refractivity (Wildman–Crippen MR) is 122 cm³/mol. The molecule has 2 aliphatic rings. The van der Waals surface area contributed by atoms with Gasteiger partial charge in [-0.25, -0.2) is 0 Å². The number of rotatable bonds is 5. The van der Waals surface area contributed by atoms with Crippen LogP contribution in [0, 0.1) is 0 Å². The maximum Gasteiger partial charge on any atom is 0.253 e. The average molecular weight is 422 g/mol. The molecular weight excluding hydrogens is 390 g/mol. The van der Waals surface area contributed by atoms with Crippen LogP contribution in [-0.2, 0) is 11.3 Å². The van der Waals surface area contributed by atoms with Gasteiger partial charge in [0.25, 0.3) is 5.91 Å². The molecule has 0 unspecified atom stereocenters. The molecule has 31 heavy (non-hydrogen) atoms. The minimum Gasteiger partial charge on any atom is -0.398 e. The summed E-state index contributed by atoms with van der Waals surface area (Å²) in [5, 5.41) is 3.11. The van der Waals surface area contributed by atoms with Crippen molar-refractivity contribution in [1.82, 2.24) is 15.1 Å². The van der Waals surface area contributed by atoms with E-state index in [1.54, 1.807) is 0 Å². The second kappa shape index (κ2) is 8.69. The maximum atomic E-state index is 12.9. The van der Waals surface area contributed by atoms with E-state index in [0.717, 1.165) is 48.2 Å². The van der Waals surface area contributed by atoms with Gasteiger partial charge in [0.05, 0.1) is 5.54 Å². The highest BCUT2D eigenvalue weighted by molar-refractivity contribution is 5.95. The van der Waals surface area contributed by atoms with Crippen molar-refractivity contribution in [2.45, 2.75) is 31.3 Å². The van der Waals surface area contributed by atoms with Crippen molar-refractivity contribution in [3.05, 3.63) is 53.6 Å². The lowest BCUT2D eigenvalue weighted by molar-refractivity contribution is -0.141. The number of nitrogens with two attached hydrogens (primary N) is 2. The van der Waals surface area contributed by atoms with Crippen LogP contribution in [0.3, 0.4) is 0 Å². The van der Waals surface area contributed by atoms with E-state index in [4.69, 9.17) is 11.5 Å². The number of nitrogen functional groups attached to an aromatic ring is 1. The normalized spacial score (nSPS) is 17.9. The quantitative estimate of drug-likeness (QED) is 0.639. The molecular formula is C24H31N5O2. The third-order valence-corrected chi connectivity index (χ3v) is 6.50. The summed E-state index contributed by atoms with van der Waals surface area (Å²) in [5.74, 6) is 0.0313. The van der Waals surface area contributed by atoms with Crippen molar-refractivity contribution >= 4 is 17.5 Å². The molecule has 7 nitrogen and oxygen atoms in total. The third kappa shape index (κ3) is 4.29. The Morgan fingerprint density at radius 2 is 1.58 bits per heavy atom. The molecule has 5 N–H and O–H groups in total. The number of hydrogen-bond donors (Lipinski definition) is 3. The molecule has 0 radical (unpaired) electrons. The van der Waals surface area contributed by atoms with Gasteiger partial charge in [-0.1, -0.05) is 24.3 Å². The Morgan fingerprint density at radius 3 is 2.13 bits per heavy atom. The second-order valence-corrected chi connectivity index (χ2v) is 8.62. The standard InChI is InChI=1S/C24H31N5O2/c1-27-16-20-8-7-19(15-21(20)25)17-3-5-18(6-4-17)22(30)28-11-13-29(14-12-28)23(31)24(26)9-2-10-24/h3-8,15,27H,2,9-14,16,25-26H2,1H3. The molecule has 7 heteroatoms. The Bertz CT molecular complexity index is 960. The topological polar surface area (TPSA) is 105 Å². The van der Waals surface area contributed by atoms with Gasteiger partial charge in [0, 0.05) is 44.0 Å². The Balaban J connectivity index is 1.38. The van der Waals surface area contributed by atoms with Gasteiger partial charge in [-0.3, -0.25) is 9.59 Å². The van der Waals surface area contributed by atoms with Crippen LogP contribution in [0.1, 0.15) is 35.2 Å². The molecule has 2 aromatic carbocycles. The number of anilines is 1. The zero-order valence-electron chi connectivity index (χ0n) is 18.1. The third-order valence-electron chi connectivity index (χ3n) is 6.50. The first kappa shape index (κ1) is 21.3. The van der Waals surface area contributed by atoms with E-state index < -0.39 is 5.54 Å². The first-order chi connectivity index (χ1) is 14.9. The predicted octanol–water partition coefficient (Wildman–Crippen LogP) is 1.82. The zero-order chi connectivity index (χ0) is 22.0. The van der Waals surface area contributed by atoms with Crippen molar-refractivity contribution in [1.29, 1.82) is 0 Å². The summed E-state index contributed by atoms with van der Waals surface area (Å²) >= 11 is 0. The summed E-state index contributed by atoms with van der Waals surface area (Å²) < 4.78 is 0. The van der Waals surface area contributed by atoms with Crippen LogP contribution in [0.25, 0.3) is 11.1 Å². The molecule has 1 aliphatic heterocycles. The number of carbonyl (C=O) groups is 2. The number of carbonyl (C=O) groups excluding carboxylic acids is 2. The fourth-order valence-corrected chi connectivity index (χ4v) is 4.31. The number of piperazine rings is 1. The maximum absolute atomic E-state index is 12.9. The van der Waals surface area contributed by atoms with Crippen molar-refractivity contribution < 1.29 is 9.59 Å². The second-order valence-electron chi connectivity index (χ2n) is 8.62. The minimum atomic E-state index is -0.670. The van der Waals surface area contributed by atoms with Crippen LogP contribution in [-0.4, -0.2) is 60.4 Å². The molecule has 2 aromatic rings. The van der Waals surface area contributed by atoms with E-state index in [1.807, 2.05) is 59.3 Å². The van der Waals surface area contributed by atoms with E-state index in [-0.39, 0.29) is 11.8 Å². The van der Waals surface area contributed by atoms with Gasteiger partial charge in [-0.05, 0) is 61.2 Å². The highest BCUT2D eigenvalue weighted by Gasteiger charge is 2.43.